The predicted molar refractivity (Wildman–Crippen MR) is 83.1 cm³/mol. The molecule has 0 N–H and O–H groups in total. The molecule has 2 aromatic rings. The average molecular weight is 326 g/mol. The van der Waals surface area contributed by atoms with Gasteiger partial charge in [-0.05, 0) is 25.5 Å². The van der Waals surface area contributed by atoms with Crippen molar-refractivity contribution in [2.24, 2.45) is 0 Å². The fourth-order valence-electron chi connectivity index (χ4n) is 1.91. The minimum Gasteiger partial charge on any atom is -0.486 e. The topological polar surface area (TPSA) is 48.4 Å². The highest BCUT2D eigenvalue weighted by atomic mass is 35.5. The number of rotatable bonds is 5. The van der Waals surface area contributed by atoms with E-state index in [2.05, 4.69) is 4.98 Å². The van der Waals surface area contributed by atoms with Crippen molar-refractivity contribution in [3.63, 3.8) is 0 Å². The van der Waals surface area contributed by atoms with Gasteiger partial charge in [0.1, 0.15) is 12.4 Å². The minimum atomic E-state index is -0.321. The van der Waals surface area contributed by atoms with Crippen molar-refractivity contribution in [1.29, 1.82) is 0 Å². The number of carbonyl (C=O) groups excluding carboxylic acids is 1. The van der Waals surface area contributed by atoms with Gasteiger partial charge in [-0.1, -0.05) is 17.7 Å². The van der Waals surface area contributed by atoms with Gasteiger partial charge in [0, 0.05) is 11.8 Å². The molecule has 0 saturated heterocycles. The Morgan fingerprint density at radius 3 is 2.76 bits per heavy atom. The summed E-state index contributed by atoms with van der Waals surface area (Å²) in [4.78, 5) is 16.7. The summed E-state index contributed by atoms with van der Waals surface area (Å²) in [6, 6.07) is 3.63. The Kier molecular flexibility index (Phi) is 5.20. The van der Waals surface area contributed by atoms with Crippen LogP contribution in [0.3, 0.4) is 0 Å². The molecule has 4 nitrogen and oxygen atoms in total. The lowest BCUT2D eigenvalue weighted by Crippen LogP contribution is -2.08. The molecule has 1 heterocycles. The van der Waals surface area contributed by atoms with Crippen LogP contribution in [0.2, 0.25) is 5.02 Å². The van der Waals surface area contributed by atoms with Gasteiger partial charge >= 0.3 is 5.97 Å². The van der Waals surface area contributed by atoms with E-state index in [1.54, 1.807) is 23.6 Å². The summed E-state index contributed by atoms with van der Waals surface area (Å²) in [5.74, 6) is 0.215. The van der Waals surface area contributed by atoms with Gasteiger partial charge in [-0.3, -0.25) is 4.79 Å². The first-order valence-electron chi connectivity index (χ1n) is 6.40. The lowest BCUT2D eigenvalue weighted by molar-refractivity contribution is -0.139. The van der Waals surface area contributed by atoms with Crippen molar-refractivity contribution in [3.8, 4) is 5.75 Å². The van der Waals surface area contributed by atoms with Crippen LogP contribution in [0.4, 0.5) is 0 Å². The molecule has 1 aromatic heterocycles. The van der Waals surface area contributed by atoms with Gasteiger partial charge in [-0.2, -0.15) is 0 Å². The molecule has 6 heteroatoms. The molecular formula is C15H16ClNO3S. The zero-order valence-electron chi connectivity index (χ0n) is 12.1. The Hall–Kier alpha value is -1.59. The highest BCUT2D eigenvalue weighted by molar-refractivity contribution is 7.11. The van der Waals surface area contributed by atoms with Crippen LogP contribution >= 0.6 is 22.9 Å². The van der Waals surface area contributed by atoms with Crippen LogP contribution in [0.25, 0.3) is 0 Å². The third kappa shape index (κ3) is 3.95. The summed E-state index contributed by atoms with van der Waals surface area (Å²) >= 11 is 7.78. The Labute approximate surface area is 132 Å². The zero-order chi connectivity index (χ0) is 15.4. The molecule has 0 atom stereocenters. The zero-order valence-corrected chi connectivity index (χ0v) is 13.7. The van der Waals surface area contributed by atoms with E-state index in [1.165, 1.54) is 7.11 Å². The van der Waals surface area contributed by atoms with Gasteiger partial charge in [0.15, 0.2) is 0 Å². The molecule has 0 radical (unpaired) electrons. The van der Waals surface area contributed by atoms with Gasteiger partial charge in [0.05, 0.1) is 28.4 Å². The van der Waals surface area contributed by atoms with Gasteiger partial charge in [-0.25, -0.2) is 4.98 Å². The Morgan fingerprint density at radius 1 is 1.38 bits per heavy atom. The molecule has 0 aliphatic heterocycles. The molecule has 0 unspecified atom stereocenters. The maximum absolute atomic E-state index is 11.5. The molecule has 0 spiro atoms. The number of hydrogen-bond donors (Lipinski definition) is 0. The lowest BCUT2D eigenvalue weighted by atomic mass is 10.0. The second-order valence-electron chi connectivity index (χ2n) is 4.56. The summed E-state index contributed by atoms with van der Waals surface area (Å²) in [5.41, 5.74) is 1.70. The van der Waals surface area contributed by atoms with Gasteiger partial charge in [-0.15, -0.1) is 11.3 Å². The fourth-order valence-corrected chi connectivity index (χ4v) is 2.85. The molecule has 0 amide bonds. The first kappa shape index (κ1) is 15.8. The van der Waals surface area contributed by atoms with E-state index in [9.17, 15) is 4.79 Å². The number of carbonyl (C=O) groups is 1. The number of methoxy groups -OCH3 is 1. The smallest absolute Gasteiger partial charge is 0.310 e. The molecule has 0 aliphatic rings. The van der Waals surface area contributed by atoms with E-state index in [0.717, 1.165) is 21.0 Å². The van der Waals surface area contributed by atoms with Gasteiger partial charge in [0.25, 0.3) is 0 Å². The van der Waals surface area contributed by atoms with Crippen LogP contribution in [-0.4, -0.2) is 18.1 Å². The SMILES string of the molecule is COC(=O)Cc1c(C)ccc(Cl)c1OCc1cnc(C)s1. The van der Waals surface area contributed by atoms with Crippen molar-refractivity contribution in [1.82, 2.24) is 4.98 Å². The third-order valence-electron chi connectivity index (χ3n) is 3.02. The number of nitrogens with zero attached hydrogens (tertiary/aromatic N) is 1. The molecule has 0 fully saturated rings. The van der Waals surface area contributed by atoms with Crippen molar-refractivity contribution in [2.45, 2.75) is 26.9 Å². The Morgan fingerprint density at radius 2 is 2.14 bits per heavy atom. The Bertz CT molecular complexity index is 654. The molecule has 21 heavy (non-hydrogen) atoms. The Balaban J connectivity index is 2.24. The molecule has 2 rings (SSSR count). The van der Waals surface area contributed by atoms with Gasteiger partial charge in [0.2, 0.25) is 0 Å². The van der Waals surface area contributed by atoms with Crippen LogP contribution < -0.4 is 4.74 Å². The number of ether oxygens (including phenoxy) is 2. The second kappa shape index (κ2) is 6.91. The van der Waals surface area contributed by atoms with Crippen molar-refractivity contribution in [2.75, 3.05) is 7.11 Å². The first-order chi connectivity index (χ1) is 10.0. The summed E-state index contributed by atoms with van der Waals surface area (Å²) in [5, 5.41) is 1.47. The maximum Gasteiger partial charge on any atom is 0.310 e. The van der Waals surface area contributed by atoms with E-state index >= 15 is 0 Å². The van der Waals surface area contributed by atoms with Crippen molar-refractivity contribution in [3.05, 3.63) is 44.4 Å². The lowest BCUT2D eigenvalue weighted by Gasteiger charge is -2.14. The molecule has 1 aromatic carbocycles. The highest BCUT2D eigenvalue weighted by Gasteiger charge is 2.16. The first-order valence-corrected chi connectivity index (χ1v) is 7.59. The summed E-state index contributed by atoms with van der Waals surface area (Å²) in [6.45, 7) is 4.23. The van der Waals surface area contributed by atoms with Crippen LogP contribution in [-0.2, 0) is 22.6 Å². The molecular weight excluding hydrogens is 310 g/mol. The number of esters is 1. The second-order valence-corrected chi connectivity index (χ2v) is 6.29. The van der Waals surface area contributed by atoms with Crippen molar-refractivity contribution < 1.29 is 14.3 Å². The van der Waals surface area contributed by atoms with Gasteiger partial charge < -0.3 is 9.47 Å². The molecule has 112 valence electrons. The summed E-state index contributed by atoms with van der Waals surface area (Å²) in [7, 11) is 1.36. The summed E-state index contributed by atoms with van der Waals surface area (Å²) in [6.07, 6.45) is 1.92. The number of thiazole rings is 1. The number of aromatic nitrogens is 1. The maximum atomic E-state index is 11.5. The van der Waals surface area contributed by atoms with E-state index < -0.39 is 0 Å². The average Bonchev–Trinajstić information content (AvgIpc) is 2.87. The highest BCUT2D eigenvalue weighted by Crippen LogP contribution is 2.33. The monoisotopic (exact) mass is 325 g/mol. The van der Waals surface area contributed by atoms with Crippen LogP contribution in [0, 0.1) is 13.8 Å². The van der Waals surface area contributed by atoms with E-state index in [4.69, 9.17) is 21.1 Å². The van der Waals surface area contributed by atoms with Crippen molar-refractivity contribution >= 4 is 28.9 Å². The minimum absolute atomic E-state index is 0.139. The van der Waals surface area contributed by atoms with E-state index in [1.807, 2.05) is 19.9 Å². The quantitative estimate of drug-likeness (QED) is 0.786. The number of halogens is 1. The molecule has 0 saturated carbocycles. The summed E-state index contributed by atoms with van der Waals surface area (Å²) < 4.78 is 10.5. The molecule has 0 bridgehead atoms. The van der Waals surface area contributed by atoms with Crippen LogP contribution in [0.1, 0.15) is 21.0 Å². The van der Waals surface area contributed by atoms with Crippen LogP contribution in [0.5, 0.6) is 5.75 Å². The number of hydrogen-bond acceptors (Lipinski definition) is 5. The standard InChI is InChI=1S/C15H16ClNO3S/c1-9-4-5-13(16)15(12(9)6-14(18)19-3)20-8-11-7-17-10(2)21-11/h4-5,7H,6,8H2,1-3H3. The normalized spacial score (nSPS) is 10.5. The molecule has 0 aliphatic carbocycles. The number of aryl methyl sites for hydroxylation is 2. The largest absolute Gasteiger partial charge is 0.486 e. The van der Waals surface area contributed by atoms with E-state index in [0.29, 0.717) is 17.4 Å². The third-order valence-corrected chi connectivity index (χ3v) is 4.21. The predicted octanol–water partition coefficient (Wildman–Crippen LogP) is 3.71. The fraction of sp³-hybridized carbons (Fsp3) is 0.333. The van der Waals surface area contributed by atoms with Crippen LogP contribution in [0.15, 0.2) is 18.3 Å². The number of benzene rings is 1. The van der Waals surface area contributed by atoms with E-state index in [-0.39, 0.29) is 12.4 Å².